The van der Waals surface area contributed by atoms with E-state index >= 15 is 0 Å². The molecule has 2 heterocycles. The zero-order chi connectivity index (χ0) is 19.9. The van der Waals surface area contributed by atoms with Crippen LogP contribution in [0.15, 0.2) is 29.2 Å². The Labute approximate surface area is 166 Å². The van der Waals surface area contributed by atoms with Crippen molar-refractivity contribution in [3.8, 4) is 11.5 Å². The maximum atomic E-state index is 12.5. The lowest BCUT2D eigenvalue weighted by molar-refractivity contribution is -0.126. The lowest BCUT2D eigenvalue weighted by atomic mass is 9.79. The van der Waals surface area contributed by atoms with E-state index in [4.69, 9.17) is 0 Å². The second-order valence-corrected chi connectivity index (χ2v) is 7.75. The second kappa shape index (κ2) is 9.66. The van der Waals surface area contributed by atoms with Crippen molar-refractivity contribution in [3.05, 3.63) is 34.9 Å². The van der Waals surface area contributed by atoms with E-state index in [2.05, 4.69) is 22.3 Å². The molecule has 1 N–H and O–H groups in total. The lowest BCUT2D eigenvalue weighted by Gasteiger charge is -2.27. The Kier molecular flexibility index (Phi) is 7.01. The highest BCUT2D eigenvalue weighted by molar-refractivity contribution is 5.78. The molecule has 152 valence electrons. The average molecular weight is 386 g/mol. The molecule has 0 aromatic carbocycles. The average Bonchev–Trinajstić information content (AvgIpc) is 3.02. The van der Waals surface area contributed by atoms with Crippen molar-refractivity contribution in [1.29, 1.82) is 0 Å². The standard InChI is InChI=1S/C21H31N5O2/c1-3-4-7-16-9-11-17(12-10-16)20(27)23-14-15-26-21(28)25(2)19(24-26)18-8-5-6-13-22-18/h5-6,8,13,16-17H,3-4,7,9-12,14-15H2,1-2H3,(H,23,27). The number of aromatic nitrogens is 4. The molecule has 1 aliphatic carbocycles. The van der Waals surface area contributed by atoms with E-state index in [0.29, 0.717) is 24.6 Å². The van der Waals surface area contributed by atoms with Crippen LogP contribution in [-0.4, -0.2) is 31.8 Å². The predicted molar refractivity (Wildman–Crippen MR) is 109 cm³/mol. The summed E-state index contributed by atoms with van der Waals surface area (Å²) in [6, 6.07) is 5.51. The van der Waals surface area contributed by atoms with Crippen molar-refractivity contribution in [1.82, 2.24) is 24.6 Å². The largest absolute Gasteiger partial charge is 0.354 e. The number of nitrogens with zero attached hydrogens (tertiary/aromatic N) is 4. The molecule has 0 atom stereocenters. The topological polar surface area (TPSA) is 81.8 Å². The zero-order valence-corrected chi connectivity index (χ0v) is 16.9. The molecule has 0 radical (unpaired) electrons. The summed E-state index contributed by atoms with van der Waals surface area (Å²) in [4.78, 5) is 29.1. The molecule has 0 bridgehead atoms. The smallest absolute Gasteiger partial charge is 0.346 e. The minimum Gasteiger partial charge on any atom is -0.354 e. The van der Waals surface area contributed by atoms with Gasteiger partial charge in [0.1, 0.15) is 5.69 Å². The fourth-order valence-electron chi connectivity index (χ4n) is 3.99. The van der Waals surface area contributed by atoms with Crippen LogP contribution in [0.2, 0.25) is 0 Å². The highest BCUT2D eigenvalue weighted by atomic mass is 16.2. The summed E-state index contributed by atoms with van der Waals surface area (Å²) in [7, 11) is 1.69. The summed E-state index contributed by atoms with van der Waals surface area (Å²) in [6.07, 6.45) is 9.79. The number of hydrogen-bond donors (Lipinski definition) is 1. The van der Waals surface area contributed by atoms with Gasteiger partial charge in [0.25, 0.3) is 0 Å². The molecule has 7 heteroatoms. The van der Waals surface area contributed by atoms with Gasteiger partial charge in [-0.2, -0.15) is 0 Å². The Morgan fingerprint density at radius 1 is 1.25 bits per heavy atom. The third kappa shape index (κ3) is 4.88. The van der Waals surface area contributed by atoms with Gasteiger partial charge < -0.3 is 5.32 Å². The van der Waals surface area contributed by atoms with Crippen molar-refractivity contribution in [2.75, 3.05) is 6.54 Å². The summed E-state index contributed by atoms with van der Waals surface area (Å²) in [6.45, 7) is 3.00. The van der Waals surface area contributed by atoms with Crippen molar-refractivity contribution in [2.24, 2.45) is 18.9 Å². The van der Waals surface area contributed by atoms with Crippen LogP contribution in [-0.2, 0) is 18.4 Å². The van der Waals surface area contributed by atoms with Gasteiger partial charge in [-0.1, -0.05) is 32.3 Å². The quantitative estimate of drug-likeness (QED) is 0.757. The maximum absolute atomic E-state index is 12.5. The van der Waals surface area contributed by atoms with Crippen LogP contribution < -0.4 is 11.0 Å². The number of hydrogen-bond acceptors (Lipinski definition) is 4. The van der Waals surface area contributed by atoms with E-state index < -0.39 is 0 Å². The van der Waals surface area contributed by atoms with Gasteiger partial charge in [-0.05, 0) is 43.7 Å². The summed E-state index contributed by atoms with van der Waals surface area (Å²) in [5.74, 6) is 1.55. The van der Waals surface area contributed by atoms with Gasteiger partial charge in [-0.25, -0.2) is 9.48 Å². The minimum absolute atomic E-state index is 0.113. The minimum atomic E-state index is -0.202. The van der Waals surface area contributed by atoms with Crippen LogP contribution >= 0.6 is 0 Å². The second-order valence-electron chi connectivity index (χ2n) is 7.75. The highest BCUT2D eigenvalue weighted by Crippen LogP contribution is 2.31. The predicted octanol–water partition coefficient (Wildman–Crippen LogP) is 2.76. The number of pyridine rings is 1. The van der Waals surface area contributed by atoms with Crippen LogP contribution in [0.1, 0.15) is 51.9 Å². The zero-order valence-electron chi connectivity index (χ0n) is 16.9. The van der Waals surface area contributed by atoms with Crippen LogP contribution in [0.4, 0.5) is 0 Å². The van der Waals surface area contributed by atoms with E-state index in [1.54, 1.807) is 13.2 Å². The van der Waals surface area contributed by atoms with Crippen LogP contribution in [0.3, 0.4) is 0 Å². The molecular formula is C21H31N5O2. The Morgan fingerprint density at radius 2 is 2.04 bits per heavy atom. The number of nitrogens with one attached hydrogen (secondary N) is 1. The number of carbonyl (C=O) groups excluding carboxylic acids is 1. The normalized spacial score (nSPS) is 19.5. The third-order valence-corrected chi connectivity index (χ3v) is 5.74. The third-order valence-electron chi connectivity index (χ3n) is 5.74. The molecule has 1 aliphatic rings. The highest BCUT2D eigenvalue weighted by Gasteiger charge is 2.25. The van der Waals surface area contributed by atoms with Crippen molar-refractivity contribution >= 4 is 5.91 Å². The Hall–Kier alpha value is -2.44. The van der Waals surface area contributed by atoms with E-state index in [-0.39, 0.29) is 17.5 Å². The lowest BCUT2D eigenvalue weighted by Crippen LogP contribution is -2.36. The van der Waals surface area contributed by atoms with E-state index in [1.165, 1.54) is 28.5 Å². The van der Waals surface area contributed by atoms with Gasteiger partial charge in [0.2, 0.25) is 5.91 Å². The molecule has 3 rings (SSSR count). The molecule has 0 unspecified atom stereocenters. The molecule has 0 spiro atoms. The van der Waals surface area contributed by atoms with Gasteiger partial charge in [-0.3, -0.25) is 14.3 Å². The maximum Gasteiger partial charge on any atom is 0.346 e. The van der Waals surface area contributed by atoms with Crippen LogP contribution in [0, 0.1) is 11.8 Å². The molecule has 7 nitrogen and oxygen atoms in total. The van der Waals surface area contributed by atoms with Crippen molar-refractivity contribution < 1.29 is 4.79 Å². The first-order valence-electron chi connectivity index (χ1n) is 10.4. The molecule has 1 saturated carbocycles. The van der Waals surface area contributed by atoms with Gasteiger partial charge >= 0.3 is 5.69 Å². The summed E-state index contributed by atoms with van der Waals surface area (Å²) in [5.41, 5.74) is 0.455. The first-order chi connectivity index (χ1) is 13.6. The Bertz CT molecular complexity index is 819. The molecular weight excluding hydrogens is 354 g/mol. The molecule has 28 heavy (non-hydrogen) atoms. The monoisotopic (exact) mass is 385 g/mol. The van der Waals surface area contributed by atoms with Crippen LogP contribution in [0.5, 0.6) is 0 Å². The van der Waals surface area contributed by atoms with Gasteiger partial charge in [0.15, 0.2) is 5.82 Å². The van der Waals surface area contributed by atoms with E-state index in [1.807, 2.05) is 18.2 Å². The number of unbranched alkanes of at least 4 members (excludes halogenated alkanes) is 1. The van der Waals surface area contributed by atoms with Gasteiger partial charge in [0, 0.05) is 25.7 Å². The summed E-state index contributed by atoms with van der Waals surface area (Å²) >= 11 is 0. The molecule has 2 aromatic heterocycles. The van der Waals surface area contributed by atoms with Crippen LogP contribution in [0.25, 0.3) is 11.5 Å². The Morgan fingerprint density at radius 3 is 2.71 bits per heavy atom. The summed E-state index contributed by atoms with van der Waals surface area (Å²) < 4.78 is 2.88. The van der Waals surface area contributed by atoms with Crippen molar-refractivity contribution in [2.45, 2.75) is 58.4 Å². The first kappa shape index (κ1) is 20.3. The number of carbonyl (C=O) groups is 1. The van der Waals surface area contributed by atoms with E-state index in [0.717, 1.165) is 31.6 Å². The van der Waals surface area contributed by atoms with Gasteiger partial charge in [0.05, 0.1) is 6.54 Å². The fraction of sp³-hybridized carbons (Fsp3) is 0.619. The summed E-state index contributed by atoms with van der Waals surface area (Å²) in [5, 5.41) is 7.37. The molecule has 1 fully saturated rings. The molecule has 0 saturated heterocycles. The number of rotatable bonds is 8. The fourth-order valence-corrected chi connectivity index (χ4v) is 3.99. The van der Waals surface area contributed by atoms with Crippen molar-refractivity contribution in [3.63, 3.8) is 0 Å². The molecule has 0 aliphatic heterocycles. The first-order valence-corrected chi connectivity index (χ1v) is 10.4. The molecule has 1 amide bonds. The number of amides is 1. The molecule has 2 aromatic rings. The van der Waals surface area contributed by atoms with Gasteiger partial charge in [-0.15, -0.1) is 5.10 Å². The Balaban J connectivity index is 1.49. The van der Waals surface area contributed by atoms with E-state index in [9.17, 15) is 9.59 Å². The SMILES string of the molecule is CCCCC1CCC(C(=O)NCCn2nc(-c3ccccn3)n(C)c2=O)CC1.